The van der Waals surface area contributed by atoms with E-state index in [1.54, 1.807) is 18.2 Å². The van der Waals surface area contributed by atoms with Crippen LogP contribution < -0.4 is 16.2 Å². The van der Waals surface area contributed by atoms with E-state index in [0.717, 1.165) is 24.4 Å². The monoisotopic (exact) mass is 511 g/mol. The molecule has 0 saturated carbocycles. The van der Waals surface area contributed by atoms with Crippen LogP contribution in [-0.4, -0.2) is 52.1 Å². The standard InChI is InChI=1S/C25H21F4N7O/c1-36(13-25(27,28)29)24(37)21-8-15-2-3-16(9-20(15)34-21)22-30-12-19(26)23(35-22)33-18-6-4-14(5-7-18)17-10-31-32-11-17/h2-10,12,31-32,34H,11,13H2,1H3,(H,30,33,35). The van der Waals surface area contributed by atoms with E-state index in [2.05, 4.69) is 31.1 Å². The van der Waals surface area contributed by atoms with Crippen molar-refractivity contribution < 1.29 is 22.4 Å². The van der Waals surface area contributed by atoms with Crippen LogP contribution in [0.25, 0.3) is 27.9 Å². The average molecular weight is 511 g/mol. The van der Waals surface area contributed by atoms with Gasteiger partial charge in [0.25, 0.3) is 5.91 Å². The molecule has 0 atom stereocenters. The number of aromatic amines is 1. The Morgan fingerprint density at radius 2 is 1.86 bits per heavy atom. The van der Waals surface area contributed by atoms with Gasteiger partial charge in [0.1, 0.15) is 12.2 Å². The summed E-state index contributed by atoms with van der Waals surface area (Å²) in [6, 6.07) is 13.9. The number of alkyl halides is 3. The van der Waals surface area contributed by atoms with Crippen molar-refractivity contribution in [1.82, 2.24) is 30.7 Å². The van der Waals surface area contributed by atoms with E-state index in [9.17, 15) is 22.4 Å². The molecule has 0 unspecified atom stereocenters. The Balaban J connectivity index is 1.37. The molecule has 4 N–H and O–H groups in total. The number of amides is 1. The number of H-pyrrole nitrogens is 1. The number of hydrogen-bond acceptors (Lipinski definition) is 6. The van der Waals surface area contributed by atoms with Gasteiger partial charge in [0, 0.05) is 41.9 Å². The number of hydrogen-bond donors (Lipinski definition) is 4. The first-order valence-electron chi connectivity index (χ1n) is 11.2. The maximum absolute atomic E-state index is 14.5. The third-order valence-corrected chi connectivity index (χ3v) is 5.76. The molecular weight excluding hydrogens is 490 g/mol. The summed E-state index contributed by atoms with van der Waals surface area (Å²) in [7, 11) is 1.08. The lowest BCUT2D eigenvalue weighted by Crippen LogP contribution is -2.35. The summed E-state index contributed by atoms with van der Waals surface area (Å²) in [5.74, 6) is -1.21. The number of benzene rings is 2. The summed E-state index contributed by atoms with van der Waals surface area (Å²) >= 11 is 0. The molecule has 0 spiro atoms. The zero-order valence-corrected chi connectivity index (χ0v) is 19.4. The van der Waals surface area contributed by atoms with E-state index in [1.165, 1.54) is 6.07 Å². The molecule has 4 aromatic rings. The normalized spacial score (nSPS) is 13.4. The van der Waals surface area contributed by atoms with Gasteiger partial charge in [0.05, 0.1) is 6.20 Å². The molecule has 5 rings (SSSR count). The second-order valence-electron chi connectivity index (χ2n) is 8.52. The Bertz CT molecular complexity index is 1500. The summed E-state index contributed by atoms with van der Waals surface area (Å²) in [4.78, 5) is 24.2. The van der Waals surface area contributed by atoms with Crippen molar-refractivity contribution >= 4 is 33.9 Å². The lowest BCUT2D eigenvalue weighted by molar-refractivity contribution is -0.138. The van der Waals surface area contributed by atoms with E-state index in [-0.39, 0.29) is 17.3 Å². The molecule has 2 aromatic carbocycles. The highest BCUT2D eigenvalue weighted by Crippen LogP contribution is 2.27. The lowest BCUT2D eigenvalue weighted by Gasteiger charge is -2.17. The summed E-state index contributed by atoms with van der Waals surface area (Å²) in [5.41, 5.74) is 9.74. The van der Waals surface area contributed by atoms with E-state index in [1.807, 2.05) is 30.5 Å². The van der Waals surface area contributed by atoms with Gasteiger partial charge in [-0.2, -0.15) is 13.2 Å². The van der Waals surface area contributed by atoms with Crippen molar-refractivity contribution in [2.45, 2.75) is 6.18 Å². The van der Waals surface area contributed by atoms with Crippen LogP contribution in [0.3, 0.4) is 0 Å². The first-order valence-corrected chi connectivity index (χ1v) is 11.2. The Hall–Kier alpha value is -4.45. The summed E-state index contributed by atoms with van der Waals surface area (Å²) in [6.45, 7) is -0.664. The fraction of sp³-hybridized carbons (Fsp3) is 0.160. The molecule has 1 amide bonds. The van der Waals surface area contributed by atoms with E-state index < -0.39 is 24.4 Å². The van der Waals surface area contributed by atoms with Crippen molar-refractivity contribution in [2.24, 2.45) is 0 Å². The molecule has 190 valence electrons. The summed E-state index contributed by atoms with van der Waals surface area (Å²) in [6.07, 6.45) is -1.57. The second kappa shape index (κ2) is 9.54. The third kappa shape index (κ3) is 5.38. The predicted octanol–water partition coefficient (Wildman–Crippen LogP) is 4.59. The zero-order chi connectivity index (χ0) is 26.2. The molecule has 0 bridgehead atoms. The number of halogens is 4. The van der Waals surface area contributed by atoms with Crippen LogP contribution in [0.5, 0.6) is 0 Å². The maximum Gasteiger partial charge on any atom is 0.406 e. The van der Waals surface area contributed by atoms with E-state index >= 15 is 0 Å². The SMILES string of the molecule is CN(CC(F)(F)F)C(=O)c1cc2ccc(-c3ncc(F)c(Nc4ccc(C5=CNNC5)cc4)n3)cc2[nH]1. The molecule has 0 radical (unpaired) electrons. The van der Waals surface area contributed by atoms with Gasteiger partial charge in [0.15, 0.2) is 17.5 Å². The Kier molecular flexibility index (Phi) is 6.25. The topological polar surface area (TPSA) is 98.0 Å². The van der Waals surface area contributed by atoms with Crippen LogP contribution in [-0.2, 0) is 0 Å². The minimum Gasteiger partial charge on any atom is -0.351 e. The van der Waals surface area contributed by atoms with Crippen molar-refractivity contribution in [3.8, 4) is 11.4 Å². The molecule has 1 aliphatic rings. The molecule has 0 aliphatic carbocycles. The molecular formula is C25H21F4N7O. The number of hydrazine groups is 1. The smallest absolute Gasteiger partial charge is 0.351 e. The first-order chi connectivity index (χ1) is 17.7. The van der Waals surface area contributed by atoms with Gasteiger partial charge < -0.3 is 20.6 Å². The molecule has 3 heterocycles. The molecule has 0 saturated heterocycles. The Labute approximate surface area is 208 Å². The number of carbonyl (C=O) groups excluding carboxylic acids is 1. The number of nitrogens with zero attached hydrogens (tertiary/aromatic N) is 3. The highest BCUT2D eigenvalue weighted by Gasteiger charge is 2.32. The predicted molar refractivity (Wildman–Crippen MR) is 131 cm³/mol. The molecule has 12 heteroatoms. The van der Waals surface area contributed by atoms with Crippen molar-refractivity contribution in [2.75, 3.05) is 25.5 Å². The maximum atomic E-state index is 14.5. The molecule has 2 aromatic heterocycles. The summed E-state index contributed by atoms with van der Waals surface area (Å²) < 4.78 is 52.4. The average Bonchev–Trinajstić information content (AvgIpc) is 3.54. The number of carbonyl (C=O) groups is 1. The number of nitrogens with one attached hydrogen (secondary N) is 4. The van der Waals surface area contributed by atoms with Gasteiger partial charge >= 0.3 is 6.18 Å². The highest BCUT2D eigenvalue weighted by molar-refractivity contribution is 5.98. The third-order valence-electron chi connectivity index (χ3n) is 5.76. The number of aromatic nitrogens is 3. The van der Waals surface area contributed by atoms with Crippen molar-refractivity contribution in [1.29, 1.82) is 0 Å². The van der Waals surface area contributed by atoms with Crippen LogP contribution in [0, 0.1) is 5.82 Å². The molecule has 1 aliphatic heterocycles. The number of fused-ring (bicyclic) bond motifs is 1. The van der Waals surface area contributed by atoms with E-state index in [0.29, 0.717) is 33.6 Å². The van der Waals surface area contributed by atoms with Crippen molar-refractivity contribution in [3.05, 3.63) is 78.0 Å². The van der Waals surface area contributed by atoms with Gasteiger partial charge in [0.2, 0.25) is 0 Å². The first kappa shape index (κ1) is 24.3. The Morgan fingerprint density at radius 1 is 1.11 bits per heavy atom. The fourth-order valence-electron chi connectivity index (χ4n) is 3.95. The van der Waals surface area contributed by atoms with Crippen LogP contribution in [0.4, 0.5) is 29.1 Å². The lowest BCUT2D eigenvalue weighted by atomic mass is 10.1. The summed E-state index contributed by atoms with van der Waals surface area (Å²) in [5, 5.41) is 3.58. The van der Waals surface area contributed by atoms with Gasteiger partial charge in [-0.3, -0.25) is 4.79 Å². The second-order valence-corrected chi connectivity index (χ2v) is 8.52. The van der Waals surface area contributed by atoms with Crippen LogP contribution in [0.2, 0.25) is 0 Å². The highest BCUT2D eigenvalue weighted by atomic mass is 19.4. The van der Waals surface area contributed by atoms with E-state index in [4.69, 9.17) is 0 Å². The van der Waals surface area contributed by atoms with Gasteiger partial charge in [-0.15, -0.1) is 0 Å². The Morgan fingerprint density at radius 3 is 2.57 bits per heavy atom. The fourth-order valence-corrected chi connectivity index (χ4v) is 3.95. The minimum atomic E-state index is -4.50. The van der Waals surface area contributed by atoms with Crippen LogP contribution >= 0.6 is 0 Å². The number of anilines is 2. The largest absolute Gasteiger partial charge is 0.406 e. The molecule has 37 heavy (non-hydrogen) atoms. The van der Waals surface area contributed by atoms with Crippen LogP contribution in [0.15, 0.2) is 60.9 Å². The van der Waals surface area contributed by atoms with Crippen molar-refractivity contribution in [3.63, 3.8) is 0 Å². The number of rotatable bonds is 6. The quantitative estimate of drug-likeness (QED) is 0.283. The van der Waals surface area contributed by atoms with Crippen LogP contribution in [0.1, 0.15) is 16.1 Å². The van der Waals surface area contributed by atoms with Gasteiger partial charge in [-0.25, -0.2) is 19.8 Å². The zero-order valence-electron chi connectivity index (χ0n) is 19.4. The molecule has 0 fully saturated rings. The minimum absolute atomic E-state index is 0.0163. The molecule has 8 nitrogen and oxygen atoms in total. The van der Waals surface area contributed by atoms with Gasteiger partial charge in [-0.05, 0) is 35.4 Å². The van der Waals surface area contributed by atoms with Gasteiger partial charge in [-0.1, -0.05) is 24.3 Å².